The molecular formula is C24H22Cl2N2O3. The number of carbonyl (C=O) groups is 2. The van der Waals surface area contributed by atoms with Crippen LogP contribution in [0.4, 0.5) is 5.69 Å². The maximum Gasteiger partial charge on any atom is 0.325 e. The number of carbonyl (C=O) groups excluding carboxylic acids is 1. The molecule has 3 rings (SSSR count). The third-order valence-electron chi connectivity index (χ3n) is 4.87. The summed E-state index contributed by atoms with van der Waals surface area (Å²) in [5, 5.41) is 15.9. The van der Waals surface area contributed by atoms with Crippen LogP contribution in [0.2, 0.25) is 10.0 Å². The van der Waals surface area contributed by atoms with E-state index in [-0.39, 0.29) is 0 Å². The van der Waals surface area contributed by atoms with E-state index >= 15 is 0 Å². The van der Waals surface area contributed by atoms with Crippen LogP contribution >= 0.6 is 23.2 Å². The number of carboxylic acid groups (broad SMARTS) is 1. The fraction of sp³-hybridized carbons (Fsp3) is 0.167. The van der Waals surface area contributed by atoms with Crippen LogP contribution in [0.15, 0.2) is 60.7 Å². The first-order chi connectivity index (χ1) is 14.7. The Morgan fingerprint density at radius 3 is 2.39 bits per heavy atom. The molecule has 0 bridgehead atoms. The lowest BCUT2D eigenvalue weighted by Crippen LogP contribution is -2.38. The third kappa shape index (κ3) is 5.78. The highest BCUT2D eigenvalue weighted by Crippen LogP contribution is 2.26. The largest absolute Gasteiger partial charge is 0.480 e. The van der Waals surface area contributed by atoms with Crippen molar-refractivity contribution in [2.45, 2.75) is 26.4 Å². The molecular weight excluding hydrogens is 435 g/mol. The maximum absolute atomic E-state index is 12.3. The molecule has 3 aromatic carbocycles. The summed E-state index contributed by atoms with van der Waals surface area (Å²) in [6.45, 7) is 3.86. The summed E-state index contributed by atoms with van der Waals surface area (Å²) >= 11 is 12.0. The van der Waals surface area contributed by atoms with Crippen LogP contribution in [-0.4, -0.2) is 23.0 Å². The predicted octanol–water partition coefficient (Wildman–Crippen LogP) is 5.78. The second-order valence-corrected chi connectivity index (χ2v) is 8.06. The molecule has 3 aromatic rings. The average molecular weight is 457 g/mol. The molecule has 0 saturated carbocycles. The minimum absolute atomic E-state index is 0.406. The smallest absolute Gasteiger partial charge is 0.325 e. The van der Waals surface area contributed by atoms with Gasteiger partial charge in [-0.15, -0.1) is 0 Å². The van der Waals surface area contributed by atoms with E-state index in [0.29, 0.717) is 22.2 Å². The summed E-state index contributed by atoms with van der Waals surface area (Å²) in [5.41, 5.74) is 5.12. The minimum Gasteiger partial charge on any atom is -0.480 e. The lowest BCUT2D eigenvalue weighted by Gasteiger charge is -2.13. The summed E-state index contributed by atoms with van der Waals surface area (Å²) in [7, 11) is 0. The van der Waals surface area contributed by atoms with E-state index in [4.69, 9.17) is 28.3 Å². The van der Waals surface area contributed by atoms with Gasteiger partial charge in [0.05, 0.1) is 10.0 Å². The van der Waals surface area contributed by atoms with Crippen molar-refractivity contribution < 1.29 is 14.7 Å². The molecule has 0 aliphatic carbocycles. The first kappa shape index (κ1) is 22.7. The van der Waals surface area contributed by atoms with Crippen molar-refractivity contribution in [3.8, 4) is 11.1 Å². The van der Waals surface area contributed by atoms with Crippen molar-refractivity contribution >= 4 is 40.8 Å². The summed E-state index contributed by atoms with van der Waals surface area (Å²) in [6, 6.07) is 18.0. The van der Waals surface area contributed by atoms with Crippen molar-refractivity contribution in [3.05, 3.63) is 87.4 Å². The van der Waals surface area contributed by atoms with Gasteiger partial charge in [-0.25, -0.2) is 0 Å². The highest BCUT2D eigenvalue weighted by molar-refractivity contribution is 6.42. The molecule has 5 nitrogen and oxygen atoms in total. The molecule has 0 heterocycles. The van der Waals surface area contributed by atoms with Gasteiger partial charge in [-0.2, -0.15) is 0 Å². The van der Waals surface area contributed by atoms with Crippen molar-refractivity contribution in [1.82, 2.24) is 5.32 Å². The van der Waals surface area contributed by atoms with Crippen LogP contribution in [0.25, 0.3) is 11.1 Å². The highest BCUT2D eigenvalue weighted by Gasteiger charge is 2.17. The quantitative estimate of drug-likeness (QED) is 0.420. The van der Waals surface area contributed by atoms with Crippen molar-refractivity contribution in [2.75, 3.05) is 5.32 Å². The van der Waals surface area contributed by atoms with Gasteiger partial charge in [-0.1, -0.05) is 53.5 Å². The lowest BCUT2D eigenvalue weighted by molar-refractivity contribution is -0.138. The Hall–Kier alpha value is -3.02. The van der Waals surface area contributed by atoms with E-state index in [1.807, 2.05) is 55.5 Å². The average Bonchev–Trinajstić information content (AvgIpc) is 2.74. The summed E-state index contributed by atoms with van der Waals surface area (Å²) in [6.07, 6.45) is 0. The Balaban J connectivity index is 1.74. The molecule has 160 valence electrons. The summed E-state index contributed by atoms with van der Waals surface area (Å²) in [5.74, 6) is -1.48. The maximum atomic E-state index is 12.3. The number of nitrogens with one attached hydrogen (secondary N) is 2. The zero-order valence-electron chi connectivity index (χ0n) is 17.1. The van der Waals surface area contributed by atoms with Crippen molar-refractivity contribution in [2.24, 2.45) is 0 Å². The summed E-state index contributed by atoms with van der Waals surface area (Å²) in [4.78, 5) is 23.3. The molecule has 0 saturated heterocycles. The van der Waals surface area contributed by atoms with Crippen molar-refractivity contribution in [1.29, 1.82) is 0 Å². The van der Waals surface area contributed by atoms with Gasteiger partial charge in [0.25, 0.3) is 5.91 Å². The Kier molecular flexibility index (Phi) is 7.21. The Labute approximate surface area is 191 Å². The fourth-order valence-corrected chi connectivity index (χ4v) is 3.42. The number of aliphatic carboxylic acids is 1. The Bertz CT molecular complexity index is 1130. The Morgan fingerprint density at radius 1 is 0.968 bits per heavy atom. The number of rotatable bonds is 7. The van der Waals surface area contributed by atoms with E-state index in [2.05, 4.69) is 10.6 Å². The van der Waals surface area contributed by atoms with Gasteiger partial charge in [0, 0.05) is 17.8 Å². The Morgan fingerprint density at radius 2 is 1.71 bits per heavy atom. The van der Waals surface area contributed by atoms with E-state index < -0.39 is 17.9 Å². The van der Waals surface area contributed by atoms with Gasteiger partial charge in [0.2, 0.25) is 0 Å². The molecule has 0 radical (unpaired) electrons. The lowest BCUT2D eigenvalue weighted by atomic mass is 9.99. The van der Waals surface area contributed by atoms with Crippen LogP contribution in [0, 0.1) is 6.92 Å². The number of benzene rings is 3. The molecule has 31 heavy (non-hydrogen) atoms. The van der Waals surface area contributed by atoms with Crippen LogP contribution in [0.5, 0.6) is 0 Å². The monoisotopic (exact) mass is 456 g/mol. The van der Waals surface area contributed by atoms with E-state index in [1.54, 1.807) is 12.1 Å². The van der Waals surface area contributed by atoms with Gasteiger partial charge >= 0.3 is 5.97 Å². The molecule has 0 aromatic heterocycles. The normalized spacial score (nSPS) is 11.6. The molecule has 3 N–H and O–H groups in total. The fourth-order valence-electron chi connectivity index (χ4n) is 3.10. The molecule has 1 amide bonds. The highest BCUT2D eigenvalue weighted by atomic mass is 35.5. The van der Waals surface area contributed by atoms with Crippen LogP contribution in [-0.2, 0) is 11.3 Å². The predicted molar refractivity (Wildman–Crippen MR) is 125 cm³/mol. The summed E-state index contributed by atoms with van der Waals surface area (Å²) < 4.78 is 0. The molecule has 0 unspecified atom stereocenters. The first-order valence-electron chi connectivity index (χ1n) is 9.67. The third-order valence-corrected chi connectivity index (χ3v) is 5.60. The van der Waals surface area contributed by atoms with E-state index in [9.17, 15) is 9.59 Å². The zero-order valence-corrected chi connectivity index (χ0v) is 18.6. The number of hydrogen-bond acceptors (Lipinski definition) is 3. The SMILES string of the molecule is Cc1cc(-c2cccc(NCc3ccc(Cl)c(Cl)c3)c2)ccc1C(=O)N[C@@H](C)C(=O)O. The van der Waals surface area contributed by atoms with Crippen LogP contribution < -0.4 is 10.6 Å². The second-order valence-electron chi connectivity index (χ2n) is 7.25. The zero-order chi connectivity index (χ0) is 22.5. The number of halogens is 2. The van der Waals surface area contributed by atoms with Gasteiger partial charge in [-0.05, 0) is 66.4 Å². The second kappa shape index (κ2) is 9.86. The molecule has 7 heteroatoms. The molecule has 0 aliphatic rings. The van der Waals surface area contributed by atoms with Crippen molar-refractivity contribution in [3.63, 3.8) is 0 Å². The van der Waals surface area contributed by atoms with Gasteiger partial charge in [0.15, 0.2) is 0 Å². The van der Waals surface area contributed by atoms with E-state index in [0.717, 1.165) is 27.9 Å². The topological polar surface area (TPSA) is 78.4 Å². The van der Waals surface area contributed by atoms with Gasteiger partial charge in [0.1, 0.15) is 6.04 Å². The standard InChI is InChI=1S/C24H22Cl2N2O3/c1-14-10-18(7-8-20(14)23(29)28-15(2)24(30)31)17-4-3-5-19(12-17)27-13-16-6-9-21(25)22(26)11-16/h3-12,15,27H,13H2,1-2H3,(H,28,29)(H,30,31)/t15-/m0/s1. The molecule has 0 spiro atoms. The van der Waals surface area contributed by atoms with Gasteiger partial charge in [-0.3, -0.25) is 9.59 Å². The number of carboxylic acids is 1. The number of anilines is 1. The van der Waals surface area contributed by atoms with Crippen LogP contribution in [0.3, 0.4) is 0 Å². The van der Waals surface area contributed by atoms with Gasteiger partial charge < -0.3 is 15.7 Å². The minimum atomic E-state index is -1.08. The first-order valence-corrected chi connectivity index (χ1v) is 10.4. The molecule has 0 fully saturated rings. The van der Waals surface area contributed by atoms with E-state index in [1.165, 1.54) is 6.92 Å². The molecule has 1 atom stereocenters. The number of hydrogen-bond donors (Lipinski definition) is 3. The van der Waals surface area contributed by atoms with Crippen LogP contribution in [0.1, 0.15) is 28.4 Å². The number of amides is 1. The number of aryl methyl sites for hydroxylation is 1. The molecule has 0 aliphatic heterocycles.